The Morgan fingerprint density at radius 3 is 2.27 bits per heavy atom. The fourth-order valence-electron chi connectivity index (χ4n) is 3.87. The molecule has 0 saturated heterocycles. The van der Waals surface area contributed by atoms with Crippen molar-refractivity contribution in [1.29, 1.82) is 0 Å². The number of anilines is 1. The second-order valence-corrected chi connectivity index (χ2v) is 8.09. The Balaban J connectivity index is 1.70. The van der Waals surface area contributed by atoms with Crippen molar-refractivity contribution >= 4 is 5.69 Å². The maximum absolute atomic E-state index is 13.0. The van der Waals surface area contributed by atoms with Gasteiger partial charge in [0.1, 0.15) is 18.1 Å². The minimum absolute atomic E-state index is 0.0632. The molecule has 4 nitrogen and oxygen atoms in total. The standard InChI is InChI=1S/C23H25F6NO3/c24-22(25,26)21(31)14-30(13-16-5-1-2-6-16)18-8-4-9-19(12-18)32-15-17-7-3-10-20(11-17)33-23(27,28)29/h3-4,7-12,16,21,31H,1-2,5-6,13-15H2. The Labute approximate surface area is 187 Å². The van der Waals surface area contributed by atoms with Crippen LogP contribution >= 0.6 is 0 Å². The van der Waals surface area contributed by atoms with Gasteiger partial charge in [0.15, 0.2) is 6.10 Å². The largest absolute Gasteiger partial charge is 0.573 e. The van der Waals surface area contributed by atoms with Gasteiger partial charge in [0.25, 0.3) is 0 Å². The number of hydrogen-bond acceptors (Lipinski definition) is 4. The fourth-order valence-corrected chi connectivity index (χ4v) is 3.87. The molecule has 33 heavy (non-hydrogen) atoms. The van der Waals surface area contributed by atoms with Gasteiger partial charge in [-0.2, -0.15) is 13.2 Å². The lowest BCUT2D eigenvalue weighted by molar-refractivity contribution is -0.274. The molecule has 2 aromatic rings. The van der Waals surface area contributed by atoms with Gasteiger partial charge in [-0.1, -0.05) is 31.0 Å². The smallest absolute Gasteiger partial charge is 0.489 e. The molecule has 1 aliphatic rings. The Morgan fingerprint density at radius 2 is 1.61 bits per heavy atom. The minimum Gasteiger partial charge on any atom is -0.489 e. The molecule has 182 valence electrons. The Morgan fingerprint density at radius 1 is 0.939 bits per heavy atom. The molecule has 0 radical (unpaired) electrons. The van der Waals surface area contributed by atoms with Crippen LogP contribution in [0.3, 0.4) is 0 Å². The molecule has 0 aromatic heterocycles. The number of nitrogens with zero attached hydrogens (tertiary/aromatic N) is 1. The maximum Gasteiger partial charge on any atom is 0.573 e. The summed E-state index contributed by atoms with van der Waals surface area (Å²) in [7, 11) is 0. The first-order valence-electron chi connectivity index (χ1n) is 10.6. The van der Waals surface area contributed by atoms with Crippen LogP contribution in [0, 0.1) is 5.92 Å². The Hall–Kier alpha value is -2.62. The van der Waals surface area contributed by atoms with E-state index in [4.69, 9.17) is 4.74 Å². The normalized spacial score (nSPS) is 16.0. The van der Waals surface area contributed by atoms with Gasteiger partial charge in [0.2, 0.25) is 0 Å². The van der Waals surface area contributed by atoms with Crippen LogP contribution < -0.4 is 14.4 Å². The highest BCUT2D eigenvalue weighted by atomic mass is 19.4. The van der Waals surface area contributed by atoms with Crippen LogP contribution in [0.2, 0.25) is 0 Å². The van der Waals surface area contributed by atoms with Gasteiger partial charge in [-0.3, -0.25) is 0 Å². The van der Waals surface area contributed by atoms with E-state index in [-0.39, 0.29) is 18.3 Å². The minimum atomic E-state index is -4.81. The summed E-state index contributed by atoms with van der Waals surface area (Å²) in [6, 6.07) is 11.8. The highest BCUT2D eigenvalue weighted by molar-refractivity contribution is 5.51. The zero-order chi connectivity index (χ0) is 24.1. The predicted molar refractivity (Wildman–Crippen MR) is 110 cm³/mol. The molecular weight excluding hydrogens is 452 g/mol. The number of benzene rings is 2. The van der Waals surface area contributed by atoms with Gasteiger partial charge < -0.3 is 19.5 Å². The van der Waals surface area contributed by atoms with E-state index in [1.165, 1.54) is 23.1 Å². The van der Waals surface area contributed by atoms with Crippen LogP contribution in [0.5, 0.6) is 11.5 Å². The molecule has 0 amide bonds. The summed E-state index contributed by atoms with van der Waals surface area (Å²) in [5.41, 5.74) is 0.898. The summed E-state index contributed by atoms with van der Waals surface area (Å²) in [4.78, 5) is 1.51. The van der Waals surface area contributed by atoms with Crippen molar-refractivity contribution in [1.82, 2.24) is 0 Å². The molecule has 10 heteroatoms. The van der Waals surface area contributed by atoms with E-state index in [9.17, 15) is 31.4 Å². The monoisotopic (exact) mass is 477 g/mol. The third kappa shape index (κ3) is 8.03. The van der Waals surface area contributed by atoms with E-state index < -0.39 is 25.2 Å². The zero-order valence-electron chi connectivity index (χ0n) is 17.7. The molecular formula is C23H25F6NO3. The summed E-state index contributed by atoms with van der Waals surface area (Å²) < 4.78 is 85.7. The third-order valence-electron chi connectivity index (χ3n) is 5.44. The van der Waals surface area contributed by atoms with Crippen LogP contribution in [-0.2, 0) is 6.61 Å². The number of ether oxygens (including phenoxy) is 2. The fraction of sp³-hybridized carbons (Fsp3) is 0.478. The van der Waals surface area contributed by atoms with Gasteiger partial charge in [0.05, 0.1) is 6.54 Å². The number of alkyl halides is 6. The van der Waals surface area contributed by atoms with Crippen LogP contribution in [-0.4, -0.2) is 36.8 Å². The first-order chi connectivity index (χ1) is 15.5. The molecule has 1 N–H and O–H groups in total. The van der Waals surface area contributed by atoms with Crippen LogP contribution in [0.15, 0.2) is 48.5 Å². The van der Waals surface area contributed by atoms with Crippen molar-refractivity contribution in [3.8, 4) is 11.5 Å². The number of aliphatic hydroxyl groups is 1. The van der Waals surface area contributed by atoms with E-state index in [1.807, 2.05) is 0 Å². The first-order valence-corrected chi connectivity index (χ1v) is 10.6. The zero-order valence-corrected chi connectivity index (χ0v) is 17.7. The highest BCUT2D eigenvalue weighted by Crippen LogP contribution is 2.31. The maximum atomic E-state index is 13.0. The van der Waals surface area contributed by atoms with Crippen molar-refractivity contribution in [2.75, 3.05) is 18.0 Å². The molecule has 3 rings (SSSR count). The average molecular weight is 477 g/mol. The lowest BCUT2D eigenvalue weighted by atomic mass is 10.1. The van der Waals surface area contributed by atoms with Crippen molar-refractivity contribution in [3.05, 3.63) is 54.1 Å². The summed E-state index contributed by atoms with van der Waals surface area (Å²) in [5, 5.41) is 9.63. The van der Waals surface area contributed by atoms with Gasteiger partial charge in [-0.15, -0.1) is 13.2 Å². The second-order valence-electron chi connectivity index (χ2n) is 8.09. The topological polar surface area (TPSA) is 41.9 Å². The number of aliphatic hydroxyl groups excluding tert-OH is 1. The van der Waals surface area contributed by atoms with Crippen molar-refractivity contribution in [3.63, 3.8) is 0 Å². The molecule has 2 aromatic carbocycles. The molecule has 1 fully saturated rings. The van der Waals surface area contributed by atoms with Crippen molar-refractivity contribution in [2.24, 2.45) is 5.92 Å². The number of hydrogen-bond donors (Lipinski definition) is 1. The molecule has 1 aliphatic carbocycles. The lowest BCUT2D eigenvalue weighted by Gasteiger charge is -2.30. The van der Waals surface area contributed by atoms with Gasteiger partial charge in [0, 0.05) is 18.3 Å². The summed E-state index contributed by atoms with van der Waals surface area (Å²) in [6.07, 6.45) is -8.12. The Kier molecular flexibility index (Phi) is 7.99. The third-order valence-corrected chi connectivity index (χ3v) is 5.44. The Bertz CT molecular complexity index is 896. The number of halogens is 6. The second kappa shape index (κ2) is 10.5. The molecule has 1 saturated carbocycles. The van der Waals surface area contributed by atoms with Crippen molar-refractivity contribution < 1.29 is 40.9 Å². The van der Waals surface area contributed by atoms with Crippen LogP contribution in [0.25, 0.3) is 0 Å². The highest BCUT2D eigenvalue weighted by Gasteiger charge is 2.39. The SMILES string of the molecule is OC(CN(CC1CCCC1)c1cccc(OCc2cccc(OC(F)(F)F)c2)c1)C(F)(F)F. The van der Waals surface area contributed by atoms with Gasteiger partial charge in [-0.25, -0.2) is 0 Å². The molecule has 0 heterocycles. The number of rotatable bonds is 9. The molecule has 1 unspecified atom stereocenters. The predicted octanol–water partition coefficient (Wildman–Crippen LogP) is 6.08. The van der Waals surface area contributed by atoms with Gasteiger partial charge >= 0.3 is 12.5 Å². The lowest BCUT2D eigenvalue weighted by Crippen LogP contribution is -2.42. The molecule has 0 bridgehead atoms. The summed E-state index contributed by atoms with van der Waals surface area (Å²) in [6.45, 7) is -0.278. The first kappa shape index (κ1) is 25.0. The van der Waals surface area contributed by atoms with E-state index in [1.54, 1.807) is 30.3 Å². The average Bonchev–Trinajstić information content (AvgIpc) is 3.23. The van der Waals surface area contributed by atoms with E-state index in [0.29, 0.717) is 23.5 Å². The van der Waals surface area contributed by atoms with Crippen molar-refractivity contribution in [2.45, 2.75) is 50.9 Å². The molecule has 0 aliphatic heterocycles. The van der Waals surface area contributed by atoms with Crippen LogP contribution in [0.1, 0.15) is 31.2 Å². The quantitative estimate of drug-likeness (QED) is 0.445. The van der Waals surface area contributed by atoms with Gasteiger partial charge in [-0.05, 0) is 48.6 Å². The van der Waals surface area contributed by atoms with E-state index >= 15 is 0 Å². The van der Waals surface area contributed by atoms with E-state index in [2.05, 4.69) is 4.74 Å². The summed E-state index contributed by atoms with van der Waals surface area (Å²) in [5.74, 6) is 0.208. The molecule has 0 spiro atoms. The summed E-state index contributed by atoms with van der Waals surface area (Å²) >= 11 is 0. The molecule has 1 atom stereocenters. The van der Waals surface area contributed by atoms with Crippen LogP contribution in [0.4, 0.5) is 32.0 Å². The van der Waals surface area contributed by atoms with E-state index in [0.717, 1.165) is 25.7 Å².